The van der Waals surface area contributed by atoms with Crippen molar-refractivity contribution in [2.24, 2.45) is 5.73 Å². The van der Waals surface area contributed by atoms with Crippen LogP contribution in [0.1, 0.15) is 12.0 Å². The molecule has 0 aromatic heterocycles. The van der Waals surface area contributed by atoms with Gasteiger partial charge in [0.05, 0.1) is 13.0 Å². The van der Waals surface area contributed by atoms with Gasteiger partial charge in [-0.05, 0) is 12.1 Å². The normalized spacial score (nSPS) is 11.2. The van der Waals surface area contributed by atoms with Crippen molar-refractivity contribution < 1.29 is 17.9 Å². The van der Waals surface area contributed by atoms with Crippen LogP contribution in [0.3, 0.4) is 0 Å². The Bertz CT molecular complexity index is 377. The van der Waals surface area contributed by atoms with E-state index in [4.69, 9.17) is 15.9 Å². The number of nitrogens with one attached hydrogen (secondary N) is 1. The topological polar surface area (TPSA) is 59.1 Å². The van der Waals surface area contributed by atoms with E-state index in [1.807, 2.05) is 0 Å². The molecule has 88 valence electrons. The lowest BCUT2D eigenvalue weighted by Crippen LogP contribution is -2.14. The molecule has 1 aromatic rings. The minimum Gasteiger partial charge on any atom is -0.493 e. The van der Waals surface area contributed by atoms with Crippen molar-refractivity contribution in [3.8, 4) is 5.75 Å². The van der Waals surface area contributed by atoms with Crippen LogP contribution in [-0.2, 0) is 0 Å². The summed E-state index contributed by atoms with van der Waals surface area (Å²) >= 11 is 0. The zero-order valence-electron chi connectivity index (χ0n) is 8.34. The van der Waals surface area contributed by atoms with Crippen LogP contribution in [0, 0.1) is 5.41 Å². The van der Waals surface area contributed by atoms with E-state index in [9.17, 15) is 13.2 Å². The minimum atomic E-state index is -4.22. The van der Waals surface area contributed by atoms with Crippen molar-refractivity contribution in [2.45, 2.75) is 12.6 Å². The molecule has 1 aromatic carbocycles. The van der Waals surface area contributed by atoms with Crippen LogP contribution in [0.5, 0.6) is 5.75 Å². The van der Waals surface area contributed by atoms with E-state index in [1.54, 1.807) is 12.1 Å². The third-order valence-corrected chi connectivity index (χ3v) is 1.80. The summed E-state index contributed by atoms with van der Waals surface area (Å²) in [5.74, 6) is 0.123. The van der Waals surface area contributed by atoms with Gasteiger partial charge < -0.3 is 10.5 Å². The summed E-state index contributed by atoms with van der Waals surface area (Å²) in [5.41, 5.74) is 5.65. The van der Waals surface area contributed by atoms with Gasteiger partial charge in [0.15, 0.2) is 0 Å². The number of hydrogen-bond donors (Lipinski definition) is 2. The second kappa shape index (κ2) is 4.87. The summed E-state index contributed by atoms with van der Waals surface area (Å²) in [6.07, 6.45) is -5.23. The quantitative estimate of drug-likeness (QED) is 0.618. The molecule has 0 bridgehead atoms. The number of halogens is 3. The van der Waals surface area contributed by atoms with Gasteiger partial charge in [-0.1, -0.05) is 12.1 Å². The van der Waals surface area contributed by atoms with E-state index in [-0.39, 0.29) is 11.6 Å². The van der Waals surface area contributed by atoms with E-state index in [0.29, 0.717) is 5.56 Å². The number of hydrogen-bond acceptors (Lipinski definition) is 2. The van der Waals surface area contributed by atoms with Crippen molar-refractivity contribution in [2.75, 3.05) is 6.61 Å². The van der Waals surface area contributed by atoms with Crippen LogP contribution in [0.15, 0.2) is 24.3 Å². The third-order valence-electron chi connectivity index (χ3n) is 1.80. The fourth-order valence-corrected chi connectivity index (χ4v) is 1.04. The smallest absolute Gasteiger partial charge is 0.392 e. The Balaban J connectivity index is 2.55. The lowest BCUT2D eigenvalue weighted by atomic mass is 10.2. The van der Waals surface area contributed by atoms with Crippen LogP contribution in [0.4, 0.5) is 13.2 Å². The molecule has 0 radical (unpaired) electrons. The van der Waals surface area contributed by atoms with Gasteiger partial charge in [-0.3, -0.25) is 5.41 Å². The van der Waals surface area contributed by atoms with Gasteiger partial charge in [0, 0.05) is 5.56 Å². The molecule has 0 heterocycles. The van der Waals surface area contributed by atoms with Gasteiger partial charge in [-0.2, -0.15) is 13.2 Å². The van der Waals surface area contributed by atoms with E-state index in [1.165, 1.54) is 12.1 Å². The average molecular weight is 232 g/mol. The minimum absolute atomic E-state index is 0.152. The fourth-order valence-electron chi connectivity index (χ4n) is 1.04. The molecule has 0 saturated heterocycles. The van der Waals surface area contributed by atoms with Crippen molar-refractivity contribution >= 4 is 5.84 Å². The van der Waals surface area contributed by atoms with Crippen molar-refractivity contribution in [1.29, 1.82) is 5.41 Å². The molecule has 3 nitrogen and oxygen atoms in total. The van der Waals surface area contributed by atoms with Gasteiger partial charge in [0.25, 0.3) is 0 Å². The number of nitrogen functional groups attached to an aromatic ring is 1. The highest BCUT2D eigenvalue weighted by Crippen LogP contribution is 2.20. The van der Waals surface area contributed by atoms with E-state index in [0.717, 1.165) is 0 Å². The van der Waals surface area contributed by atoms with Gasteiger partial charge in [-0.15, -0.1) is 0 Å². The molecule has 0 aliphatic carbocycles. The predicted octanol–water partition coefficient (Wildman–Crippen LogP) is 2.30. The maximum Gasteiger partial charge on any atom is 0.392 e. The summed E-state index contributed by atoms with van der Waals surface area (Å²) in [6.45, 7) is -0.440. The molecule has 0 atom stereocenters. The molecule has 0 unspecified atom stereocenters. The van der Waals surface area contributed by atoms with Crippen molar-refractivity contribution in [3.05, 3.63) is 29.8 Å². The standard InChI is InChI=1S/C10H11F3N2O/c11-10(12,13)4-5-16-8-3-1-2-7(6-8)9(14)15/h1-3,6H,4-5H2,(H3,14,15). The summed E-state index contributed by atoms with van der Waals surface area (Å²) in [6, 6.07) is 6.10. The Hall–Kier alpha value is -1.72. The molecule has 0 aliphatic heterocycles. The number of benzene rings is 1. The zero-order chi connectivity index (χ0) is 12.2. The highest BCUT2D eigenvalue weighted by Gasteiger charge is 2.26. The van der Waals surface area contributed by atoms with Crippen LogP contribution in [0.2, 0.25) is 0 Å². The van der Waals surface area contributed by atoms with Gasteiger partial charge >= 0.3 is 6.18 Å². The van der Waals surface area contributed by atoms with Crippen LogP contribution in [0.25, 0.3) is 0 Å². The predicted molar refractivity (Wildman–Crippen MR) is 53.6 cm³/mol. The first-order valence-corrected chi connectivity index (χ1v) is 4.52. The second-order valence-corrected chi connectivity index (χ2v) is 3.16. The summed E-state index contributed by atoms with van der Waals surface area (Å²) in [4.78, 5) is 0. The maximum atomic E-state index is 11.8. The van der Waals surface area contributed by atoms with Crippen molar-refractivity contribution in [1.82, 2.24) is 0 Å². The number of ether oxygens (including phenoxy) is 1. The van der Waals surface area contributed by atoms with E-state index in [2.05, 4.69) is 0 Å². The number of rotatable bonds is 4. The fraction of sp³-hybridized carbons (Fsp3) is 0.300. The Morgan fingerprint density at radius 2 is 2.06 bits per heavy atom. The Labute approximate surface area is 90.5 Å². The molecule has 0 amide bonds. The average Bonchev–Trinajstić information content (AvgIpc) is 2.16. The lowest BCUT2D eigenvalue weighted by Gasteiger charge is -2.09. The summed E-state index contributed by atoms with van der Waals surface area (Å²) in [5, 5.41) is 7.15. The van der Waals surface area contributed by atoms with Gasteiger partial charge in [0.1, 0.15) is 11.6 Å². The van der Waals surface area contributed by atoms with Crippen molar-refractivity contribution in [3.63, 3.8) is 0 Å². The van der Waals surface area contributed by atoms with Crippen LogP contribution in [-0.4, -0.2) is 18.6 Å². The van der Waals surface area contributed by atoms with E-state index < -0.39 is 19.2 Å². The first-order valence-electron chi connectivity index (χ1n) is 4.52. The third kappa shape index (κ3) is 4.20. The molecule has 0 saturated carbocycles. The molecular formula is C10H11F3N2O. The second-order valence-electron chi connectivity index (χ2n) is 3.16. The molecule has 6 heteroatoms. The summed E-state index contributed by atoms with van der Waals surface area (Å²) < 4.78 is 40.4. The monoisotopic (exact) mass is 232 g/mol. The highest BCUT2D eigenvalue weighted by atomic mass is 19.4. The highest BCUT2D eigenvalue weighted by molar-refractivity contribution is 5.95. The van der Waals surface area contributed by atoms with Crippen LogP contribution < -0.4 is 10.5 Å². The van der Waals surface area contributed by atoms with E-state index >= 15 is 0 Å². The number of amidine groups is 1. The molecule has 3 N–H and O–H groups in total. The van der Waals surface area contributed by atoms with Crippen LogP contribution >= 0.6 is 0 Å². The molecule has 0 aliphatic rings. The molecular weight excluding hydrogens is 221 g/mol. The summed E-state index contributed by atoms with van der Waals surface area (Å²) in [7, 11) is 0. The molecule has 1 rings (SSSR count). The number of nitrogens with two attached hydrogens (primary N) is 1. The first kappa shape index (κ1) is 12.4. The Morgan fingerprint density at radius 1 is 1.38 bits per heavy atom. The molecule has 0 fully saturated rings. The molecule has 0 spiro atoms. The largest absolute Gasteiger partial charge is 0.493 e. The Morgan fingerprint density at radius 3 is 2.62 bits per heavy atom. The van der Waals surface area contributed by atoms with Gasteiger partial charge in [-0.25, -0.2) is 0 Å². The SMILES string of the molecule is N=C(N)c1cccc(OCCC(F)(F)F)c1. The van der Waals surface area contributed by atoms with Gasteiger partial charge in [0.2, 0.25) is 0 Å². The molecule has 16 heavy (non-hydrogen) atoms. The Kier molecular flexibility index (Phi) is 3.76. The number of alkyl halides is 3. The lowest BCUT2D eigenvalue weighted by molar-refractivity contribution is -0.139. The maximum absolute atomic E-state index is 11.8. The first-order chi connectivity index (χ1) is 7.38. The zero-order valence-corrected chi connectivity index (χ0v) is 8.34.